The number of carbonyl (C=O) groups excluding carboxylic acids is 3. The molecule has 2 N–H and O–H groups in total. The number of methoxy groups -OCH3 is 1. The lowest BCUT2D eigenvalue weighted by molar-refractivity contribution is -0.139. The largest absolute Gasteiger partial charge is 0.494 e. The van der Waals surface area contributed by atoms with Crippen molar-refractivity contribution in [2.75, 3.05) is 13.7 Å². The van der Waals surface area contributed by atoms with E-state index in [1.807, 2.05) is 0 Å². The Kier molecular flexibility index (Phi) is 11.9. The summed E-state index contributed by atoms with van der Waals surface area (Å²) >= 11 is 0. The molecule has 3 aromatic carbocycles. The van der Waals surface area contributed by atoms with Crippen LogP contribution in [0.5, 0.6) is 11.5 Å². The van der Waals surface area contributed by atoms with E-state index in [4.69, 9.17) is 9.47 Å². The smallest absolute Gasteiger partial charge is 0.343 e. The van der Waals surface area contributed by atoms with Crippen molar-refractivity contribution < 1.29 is 38.5 Å². The minimum absolute atomic E-state index is 0.00953. The molecule has 0 bridgehead atoms. The Labute approximate surface area is 239 Å². The van der Waals surface area contributed by atoms with E-state index in [1.54, 1.807) is 48.5 Å². The van der Waals surface area contributed by atoms with E-state index >= 15 is 0 Å². The molecule has 9 heteroatoms. The second kappa shape index (κ2) is 15.8. The molecule has 0 fully saturated rings. The normalized spacial score (nSPS) is 11.3. The van der Waals surface area contributed by atoms with Crippen LogP contribution in [0.4, 0.5) is 0 Å². The van der Waals surface area contributed by atoms with E-state index in [-0.39, 0.29) is 17.5 Å². The van der Waals surface area contributed by atoms with E-state index in [1.165, 1.54) is 50.6 Å². The van der Waals surface area contributed by atoms with Gasteiger partial charge in [0.25, 0.3) is 5.91 Å². The third kappa shape index (κ3) is 9.79. The number of carboxylic acids is 1. The van der Waals surface area contributed by atoms with Gasteiger partial charge < -0.3 is 24.6 Å². The molecule has 0 aromatic heterocycles. The molecule has 0 heterocycles. The number of hydrogen-bond acceptors (Lipinski definition) is 7. The fraction of sp³-hybridized carbons (Fsp3) is 0.312. The molecule has 0 radical (unpaired) electrons. The highest BCUT2D eigenvalue weighted by Crippen LogP contribution is 2.18. The summed E-state index contributed by atoms with van der Waals surface area (Å²) in [5.41, 5.74) is 1.47. The van der Waals surface area contributed by atoms with Crippen molar-refractivity contribution in [1.29, 1.82) is 0 Å². The summed E-state index contributed by atoms with van der Waals surface area (Å²) in [4.78, 5) is 48.5. The summed E-state index contributed by atoms with van der Waals surface area (Å²) in [7, 11) is 1.25. The lowest BCUT2D eigenvalue weighted by Gasteiger charge is -2.15. The van der Waals surface area contributed by atoms with Gasteiger partial charge in [0.05, 0.1) is 24.8 Å². The van der Waals surface area contributed by atoms with Crippen LogP contribution in [-0.4, -0.2) is 48.7 Å². The Morgan fingerprint density at radius 2 is 1.29 bits per heavy atom. The van der Waals surface area contributed by atoms with Crippen LogP contribution < -0.4 is 14.8 Å². The first-order chi connectivity index (χ1) is 19.8. The number of ether oxygens (including phenoxy) is 3. The van der Waals surface area contributed by atoms with E-state index < -0.39 is 29.9 Å². The average molecular weight is 562 g/mol. The molecule has 0 saturated heterocycles. The summed E-state index contributed by atoms with van der Waals surface area (Å²) in [6.07, 6.45) is 5.78. The molecule has 0 aliphatic carbocycles. The van der Waals surface area contributed by atoms with Crippen LogP contribution in [-0.2, 0) is 16.0 Å². The average Bonchev–Trinajstić information content (AvgIpc) is 2.99. The summed E-state index contributed by atoms with van der Waals surface area (Å²) < 4.78 is 15.8. The van der Waals surface area contributed by atoms with Crippen LogP contribution in [0.15, 0.2) is 72.8 Å². The molecule has 1 amide bonds. The van der Waals surface area contributed by atoms with Gasteiger partial charge in [-0.2, -0.15) is 0 Å². The maximum Gasteiger partial charge on any atom is 0.343 e. The molecule has 3 rings (SSSR count). The van der Waals surface area contributed by atoms with Crippen LogP contribution in [0.3, 0.4) is 0 Å². The van der Waals surface area contributed by atoms with Crippen LogP contribution in [0.25, 0.3) is 0 Å². The van der Waals surface area contributed by atoms with E-state index in [2.05, 4.69) is 17.0 Å². The highest BCUT2D eigenvalue weighted by molar-refractivity contribution is 5.98. The third-order valence-electron chi connectivity index (χ3n) is 6.35. The Morgan fingerprint density at radius 3 is 1.90 bits per heavy atom. The number of rotatable bonds is 15. The number of unbranched alkanes of at least 4 members (excludes halogenated alkanes) is 4. The van der Waals surface area contributed by atoms with Crippen LogP contribution in [0.1, 0.15) is 75.7 Å². The van der Waals surface area contributed by atoms with Crippen molar-refractivity contribution in [3.05, 3.63) is 95.1 Å². The summed E-state index contributed by atoms with van der Waals surface area (Å²) in [5.74, 6) is -1.88. The highest BCUT2D eigenvalue weighted by Gasteiger charge is 2.22. The first-order valence-electron chi connectivity index (χ1n) is 13.6. The van der Waals surface area contributed by atoms with Gasteiger partial charge in [-0.15, -0.1) is 0 Å². The third-order valence-corrected chi connectivity index (χ3v) is 6.35. The van der Waals surface area contributed by atoms with Crippen molar-refractivity contribution in [3.8, 4) is 11.5 Å². The fourth-order valence-corrected chi connectivity index (χ4v) is 4.00. The van der Waals surface area contributed by atoms with Crippen LogP contribution >= 0.6 is 0 Å². The number of amides is 1. The molecule has 9 nitrogen and oxygen atoms in total. The monoisotopic (exact) mass is 561 g/mol. The molecule has 0 spiro atoms. The van der Waals surface area contributed by atoms with Gasteiger partial charge in [-0.25, -0.2) is 14.4 Å². The topological polar surface area (TPSA) is 128 Å². The van der Waals surface area contributed by atoms with E-state index in [0.717, 1.165) is 12.8 Å². The van der Waals surface area contributed by atoms with Crippen molar-refractivity contribution >= 4 is 23.8 Å². The van der Waals surface area contributed by atoms with Gasteiger partial charge >= 0.3 is 17.9 Å². The number of nitrogens with one attached hydrogen (secondary N) is 1. The zero-order valence-corrected chi connectivity index (χ0v) is 23.3. The SMILES string of the molecule is CCCCCCCOc1ccc(C(=O)Oc2ccc(C[C@H](NC(=O)c3ccc(C(=O)OC)cc3)C(=O)O)cc2)cc1. The molecule has 0 aliphatic rings. The van der Waals surface area contributed by atoms with Crippen molar-refractivity contribution in [1.82, 2.24) is 5.32 Å². The van der Waals surface area contributed by atoms with E-state index in [0.29, 0.717) is 29.2 Å². The standard InChI is InChI=1S/C32H35NO8/c1-3-4-5-6-7-20-40-26-18-14-25(15-19-26)32(38)41-27-16-8-22(9-17-27)21-28(30(35)36)33-29(34)23-10-12-24(13-11-23)31(37)39-2/h8-19,28H,3-7,20-21H2,1-2H3,(H,33,34)(H,35,36)/t28-/m0/s1. The Hall–Kier alpha value is -4.66. The zero-order valence-electron chi connectivity index (χ0n) is 23.3. The molecule has 41 heavy (non-hydrogen) atoms. The molecule has 0 unspecified atom stereocenters. The van der Waals surface area contributed by atoms with Gasteiger partial charge in [-0.3, -0.25) is 4.79 Å². The minimum atomic E-state index is -1.20. The summed E-state index contributed by atoms with van der Waals surface area (Å²) in [6, 6.07) is 17.6. The maximum absolute atomic E-state index is 12.6. The van der Waals surface area contributed by atoms with E-state index in [9.17, 15) is 24.3 Å². The zero-order chi connectivity index (χ0) is 29.6. The van der Waals surface area contributed by atoms with Crippen LogP contribution in [0.2, 0.25) is 0 Å². The number of esters is 2. The van der Waals surface area contributed by atoms with Crippen LogP contribution in [0, 0.1) is 0 Å². The predicted molar refractivity (Wildman–Crippen MR) is 152 cm³/mol. The minimum Gasteiger partial charge on any atom is -0.494 e. The lowest BCUT2D eigenvalue weighted by atomic mass is 10.0. The lowest BCUT2D eigenvalue weighted by Crippen LogP contribution is -2.42. The molecule has 0 aliphatic heterocycles. The number of carboxylic acid groups (broad SMARTS) is 1. The number of carbonyl (C=O) groups is 4. The summed E-state index contributed by atoms with van der Waals surface area (Å²) in [6.45, 7) is 2.81. The molecular weight excluding hydrogens is 526 g/mol. The van der Waals surface area contributed by atoms with Crippen molar-refractivity contribution in [2.45, 2.75) is 51.5 Å². The van der Waals surface area contributed by atoms with Gasteiger partial charge in [0, 0.05) is 12.0 Å². The first-order valence-corrected chi connectivity index (χ1v) is 13.6. The first kappa shape index (κ1) is 30.9. The number of hydrogen-bond donors (Lipinski definition) is 2. The Bertz CT molecular complexity index is 1300. The molecular formula is C32H35NO8. The number of benzene rings is 3. The van der Waals surface area contributed by atoms with Crippen molar-refractivity contribution in [2.24, 2.45) is 0 Å². The molecule has 3 aromatic rings. The highest BCUT2D eigenvalue weighted by atomic mass is 16.5. The Balaban J connectivity index is 1.51. The van der Waals surface area contributed by atoms with Gasteiger partial charge in [0.2, 0.25) is 0 Å². The quantitative estimate of drug-likeness (QED) is 0.142. The second-order valence-corrected chi connectivity index (χ2v) is 9.46. The summed E-state index contributed by atoms with van der Waals surface area (Å²) in [5, 5.41) is 12.1. The van der Waals surface area contributed by atoms with Gasteiger partial charge in [0.1, 0.15) is 17.5 Å². The Morgan fingerprint density at radius 1 is 0.732 bits per heavy atom. The van der Waals surface area contributed by atoms with Gasteiger partial charge in [0.15, 0.2) is 0 Å². The molecule has 216 valence electrons. The van der Waals surface area contributed by atoms with Gasteiger partial charge in [-0.1, -0.05) is 44.7 Å². The second-order valence-electron chi connectivity index (χ2n) is 9.46. The van der Waals surface area contributed by atoms with Crippen molar-refractivity contribution in [3.63, 3.8) is 0 Å². The maximum atomic E-state index is 12.6. The molecule has 0 saturated carbocycles. The van der Waals surface area contributed by atoms with Gasteiger partial charge in [-0.05, 0) is 72.6 Å². The predicted octanol–water partition coefficient (Wildman–Crippen LogP) is 5.47. The molecule has 1 atom stereocenters. The number of aliphatic carboxylic acids is 1. The fourth-order valence-electron chi connectivity index (χ4n) is 4.00.